The molecule has 2 aromatic heterocycles. The van der Waals surface area contributed by atoms with Crippen LogP contribution in [0.25, 0.3) is 17.3 Å². The van der Waals surface area contributed by atoms with E-state index in [-0.39, 0.29) is 17.0 Å². The SMILES string of the molecule is C/C(=C\c1c(-n2ccc3c(c2=O)CCN3)ccnc1C)CN1CC=C(c2ccc(C(=O)N(C)C)c(F)c2)CC1.CC. The maximum absolute atomic E-state index is 14.6. The summed E-state index contributed by atoms with van der Waals surface area (Å²) in [6.07, 6.45) is 9.38. The smallest absolute Gasteiger partial charge is 0.260 e. The molecule has 1 N–H and O–H groups in total. The van der Waals surface area contributed by atoms with Crippen LogP contribution >= 0.6 is 0 Å². The standard InChI is InChI=1S/C31H34FN5O2.C2H6/c1-20(17-26-21(2)33-13-8-29(26)37-16-11-28-25(31(37)39)7-12-34-28)19-36-14-9-22(10-15-36)23-5-6-24(27(32)18-23)30(38)35(3)4;1-2/h5-6,8-9,11,13,16-18,34H,7,10,12,14-15,19H2,1-4H3;1-2H3/b20-17+;. The Hall–Kier alpha value is -4.04. The van der Waals surface area contributed by atoms with Gasteiger partial charge in [0.15, 0.2) is 0 Å². The topological polar surface area (TPSA) is 70.5 Å². The number of benzene rings is 1. The zero-order valence-electron chi connectivity index (χ0n) is 24.9. The van der Waals surface area contributed by atoms with Gasteiger partial charge in [0, 0.05) is 75.2 Å². The summed E-state index contributed by atoms with van der Waals surface area (Å²) in [6, 6.07) is 8.73. The monoisotopic (exact) mass is 557 g/mol. The van der Waals surface area contributed by atoms with E-state index >= 15 is 0 Å². The number of carbonyl (C=O) groups excluding carboxylic acids is 1. The van der Waals surface area contributed by atoms with E-state index in [9.17, 15) is 14.0 Å². The normalized spacial score (nSPS) is 14.9. The largest absolute Gasteiger partial charge is 0.384 e. The Labute approximate surface area is 242 Å². The van der Waals surface area contributed by atoms with Crippen LogP contribution in [0.1, 0.15) is 59.9 Å². The number of hydrogen-bond donors (Lipinski definition) is 1. The zero-order chi connectivity index (χ0) is 29.7. The molecule has 0 aliphatic carbocycles. The van der Waals surface area contributed by atoms with Crippen LogP contribution in [0.15, 0.2) is 59.2 Å². The summed E-state index contributed by atoms with van der Waals surface area (Å²) in [5.41, 5.74) is 7.58. The van der Waals surface area contributed by atoms with E-state index in [0.717, 1.165) is 83.9 Å². The van der Waals surface area contributed by atoms with Crippen LogP contribution in [0.2, 0.25) is 0 Å². The molecule has 0 saturated heterocycles. The molecule has 8 heteroatoms. The Bertz CT molecular complexity index is 1550. The molecular formula is C33H40FN5O2. The summed E-state index contributed by atoms with van der Waals surface area (Å²) >= 11 is 0. The number of nitrogens with one attached hydrogen (secondary N) is 1. The van der Waals surface area contributed by atoms with Gasteiger partial charge in [0.05, 0.1) is 11.3 Å². The lowest BCUT2D eigenvalue weighted by molar-refractivity contribution is 0.0823. The molecular weight excluding hydrogens is 517 g/mol. The van der Waals surface area contributed by atoms with Gasteiger partial charge in [0.1, 0.15) is 5.82 Å². The molecule has 3 aromatic rings. The molecule has 0 spiro atoms. The lowest BCUT2D eigenvalue weighted by Crippen LogP contribution is -2.30. The highest BCUT2D eigenvalue weighted by atomic mass is 19.1. The third-order valence-electron chi connectivity index (χ3n) is 7.44. The Balaban J connectivity index is 0.00000189. The number of aromatic nitrogens is 2. The van der Waals surface area contributed by atoms with Crippen molar-refractivity contribution >= 4 is 23.2 Å². The second-order valence-electron chi connectivity index (χ2n) is 10.5. The highest BCUT2D eigenvalue weighted by Gasteiger charge is 2.19. The minimum atomic E-state index is -0.491. The van der Waals surface area contributed by atoms with Crippen LogP contribution in [-0.2, 0) is 6.42 Å². The first-order valence-corrected chi connectivity index (χ1v) is 14.3. The van der Waals surface area contributed by atoms with Crippen LogP contribution < -0.4 is 10.9 Å². The van der Waals surface area contributed by atoms with E-state index < -0.39 is 5.82 Å². The van der Waals surface area contributed by atoms with E-state index in [0.29, 0.717) is 0 Å². The first-order valence-electron chi connectivity index (χ1n) is 14.3. The molecule has 1 amide bonds. The summed E-state index contributed by atoms with van der Waals surface area (Å²) in [5.74, 6) is -0.829. The lowest BCUT2D eigenvalue weighted by atomic mass is 9.97. The molecule has 0 fully saturated rings. The Morgan fingerprint density at radius 3 is 2.63 bits per heavy atom. The first kappa shape index (κ1) is 29.9. The number of fused-ring (bicyclic) bond motifs is 1. The van der Waals surface area contributed by atoms with Crippen molar-refractivity contribution in [2.75, 3.05) is 45.6 Å². The number of carbonyl (C=O) groups is 1. The summed E-state index contributed by atoms with van der Waals surface area (Å²) in [7, 11) is 3.23. The second kappa shape index (κ2) is 13.1. The van der Waals surface area contributed by atoms with Gasteiger partial charge in [-0.2, -0.15) is 0 Å². The number of rotatable bonds is 6. The van der Waals surface area contributed by atoms with Crippen molar-refractivity contribution < 1.29 is 9.18 Å². The van der Waals surface area contributed by atoms with Gasteiger partial charge >= 0.3 is 0 Å². The van der Waals surface area contributed by atoms with Gasteiger partial charge in [-0.25, -0.2) is 4.39 Å². The molecule has 2 aliphatic rings. The molecule has 0 bridgehead atoms. The number of aryl methyl sites for hydroxylation is 1. The minimum absolute atomic E-state index is 0.0136. The first-order chi connectivity index (χ1) is 19.7. The van der Waals surface area contributed by atoms with Gasteiger partial charge in [0.25, 0.3) is 11.5 Å². The highest BCUT2D eigenvalue weighted by molar-refractivity contribution is 5.94. The van der Waals surface area contributed by atoms with Gasteiger partial charge in [-0.15, -0.1) is 0 Å². The maximum Gasteiger partial charge on any atom is 0.260 e. The van der Waals surface area contributed by atoms with Crippen molar-refractivity contribution in [3.63, 3.8) is 0 Å². The maximum atomic E-state index is 14.6. The van der Waals surface area contributed by atoms with Crippen molar-refractivity contribution in [1.82, 2.24) is 19.4 Å². The third kappa shape index (κ3) is 6.49. The van der Waals surface area contributed by atoms with E-state index in [4.69, 9.17) is 0 Å². The van der Waals surface area contributed by atoms with Crippen molar-refractivity contribution in [2.24, 2.45) is 0 Å². The second-order valence-corrected chi connectivity index (χ2v) is 10.5. The summed E-state index contributed by atoms with van der Waals surface area (Å²) in [5, 5.41) is 3.27. The van der Waals surface area contributed by atoms with Gasteiger partial charge in [-0.3, -0.25) is 24.0 Å². The number of halogens is 1. The van der Waals surface area contributed by atoms with E-state index in [1.165, 1.54) is 11.0 Å². The zero-order valence-corrected chi connectivity index (χ0v) is 24.9. The van der Waals surface area contributed by atoms with Gasteiger partial charge in [0.2, 0.25) is 0 Å². The van der Waals surface area contributed by atoms with Crippen LogP contribution in [-0.4, -0.2) is 65.5 Å². The number of nitrogens with zero attached hydrogens (tertiary/aromatic N) is 4. The fourth-order valence-electron chi connectivity index (χ4n) is 5.34. The molecule has 0 saturated carbocycles. The van der Waals surface area contributed by atoms with Crippen LogP contribution in [0.3, 0.4) is 0 Å². The molecule has 0 radical (unpaired) electrons. The summed E-state index contributed by atoms with van der Waals surface area (Å²) in [6.45, 7) is 11.2. The Kier molecular flexibility index (Phi) is 9.55. The molecule has 5 rings (SSSR count). The van der Waals surface area contributed by atoms with E-state index in [1.54, 1.807) is 30.9 Å². The van der Waals surface area contributed by atoms with Crippen molar-refractivity contribution in [3.8, 4) is 5.69 Å². The summed E-state index contributed by atoms with van der Waals surface area (Å²) in [4.78, 5) is 33.6. The fourth-order valence-corrected chi connectivity index (χ4v) is 5.34. The molecule has 7 nitrogen and oxygen atoms in total. The quantitative estimate of drug-likeness (QED) is 0.429. The lowest BCUT2D eigenvalue weighted by Gasteiger charge is -2.27. The van der Waals surface area contributed by atoms with Crippen molar-refractivity contribution in [1.29, 1.82) is 0 Å². The molecule has 4 heterocycles. The van der Waals surface area contributed by atoms with Gasteiger partial charge in [-0.1, -0.05) is 37.6 Å². The molecule has 0 unspecified atom stereocenters. The predicted molar refractivity (Wildman–Crippen MR) is 165 cm³/mol. The van der Waals surface area contributed by atoms with Gasteiger partial charge < -0.3 is 10.2 Å². The van der Waals surface area contributed by atoms with Crippen LogP contribution in [0, 0.1) is 12.7 Å². The van der Waals surface area contributed by atoms with Crippen LogP contribution in [0.5, 0.6) is 0 Å². The number of anilines is 1. The fraction of sp³-hybridized carbons (Fsp3) is 0.364. The number of amides is 1. The minimum Gasteiger partial charge on any atom is -0.384 e. The highest BCUT2D eigenvalue weighted by Crippen LogP contribution is 2.26. The van der Waals surface area contributed by atoms with E-state index in [2.05, 4.69) is 34.3 Å². The number of hydrogen-bond acceptors (Lipinski definition) is 5. The average molecular weight is 558 g/mol. The summed E-state index contributed by atoms with van der Waals surface area (Å²) < 4.78 is 16.4. The average Bonchev–Trinajstić information content (AvgIpc) is 3.46. The predicted octanol–water partition coefficient (Wildman–Crippen LogP) is 5.57. The van der Waals surface area contributed by atoms with Crippen molar-refractivity contribution in [3.05, 3.63) is 98.5 Å². The Morgan fingerprint density at radius 2 is 1.95 bits per heavy atom. The molecule has 1 aromatic carbocycles. The molecule has 216 valence electrons. The van der Waals surface area contributed by atoms with Crippen LogP contribution in [0.4, 0.5) is 10.1 Å². The Morgan fingerprint density at radius 1 is 1.17 bits per heavy atom. The third-order valence-corrected chi connectivity index (χ3v) is 7.44. The molecule has 0 atom stereocenters. The van der Waals surface area contributed by atoms with Crippen molar-refractivity contribution in [2.45, 2.75) is 40.5 Å². The number of pyridine rings is 2. The van der Waals surface area contributed by atoms with E-state index in [1.807, 2.05) is 45.2 Å². The molecule has 41 heavy (non-hydrogen) atoms. The van der Waals surface area contributed by atoms with Gasteiger partial charge in [-0.05, 0) is 62.1 Å². The molecule has 2 aliphatic heterocycles.